The SMILES string of the molecule is COc1c(C)c2c(c(O)c1C/C=C(\C)CCC(=O)OCc1cc(C)c(OC(=O)C(C)CCCCCCCC(C)CC(=O)OC(COC(C)=O)COC(C)=O)c(C)c1)C(=O)OC2. The monoisotopic (exact) mass is 852 g/mol. The van der Waals surface area contributed by atoms with Gasteiger partial charge in [0.2, 0.25) is 0 Å². The standard InChI is InChI=1S/C47H64O14/c1-28(17-19-38-43(52)42-39(27-59-47(42)54)33(6)45(38)55-9)18-20-40(50)58-24-36-22-31(4)44(32(5)23-36)61-46(53)30(3)16-14-12-10-11-13-15-29(2)21-41(51)60-37(25-56-34(7)48)26-57-35(8)49/h17,22-23,29-30,37,52H,10-16,18-21,24-27H2,1-9H3/b28-17+. The van der Waals surface area contributed by atoms with Gasteiger partial charge in [0.05, 0.1) is 13.0 Å². The highest BCUT2D eigenvalue weighted by Crippen LogP contribution is 2.42. The number of rotatable bonds is 25. The lowest BCUT2D eigenvalue weighted by Crippen LogP contribution is -2.30. The third kappa shape index (κ3) is 16.2. The van der Waals surface area contributed by atoms with E-state index in [9.17, 15) is 33.9 Å². The number of methoxy groups -OCH3 is 1. The molecule has 0 fully saturated rings. The summed E-state index contributed by atoms with van der Waals surface area (Å²) >= 11 is 0. The summed E-state index contributed by atoms with van der Waals surface area (Å²) in [7, 11) is 1.52. The van der Waals surface area contributed by atoms with Crippen LogP contribution in [0.5, 0.6) is 17.2 Å². The van der Waals surface area contributed by atoms with E-state index in [-0.39, 0.29) is 74.4 Å². The van der Waals surface area contributed by atoms with Crippen molar-refractivity contribution in [3.8, 4) is 17.2 Å². The van der Waals surface area contributed by atoms with Gasteiger partial charge in [-0.1, -0.05) is 64.0 Å². The van der Waals surface area contributed by atoms with Gasteiger partial charge in [0.1, 0.15) is 49.2 Å². The lowest BCUT2D eigenvalue weighted by Gasteiger charge is -2.18. The molecule has 0 amide bonds. The van der Waals surface area contributed by atoms with Gasteiger partial charge in [-0.25, -0.2) is 4.79 Å². The number of benzene rings is 2. The van der Waals surface area contributed by atoms with E-state index in [2.05, 4.69) is 0 Å². The molecule has 336 valence electrons. The van der Waals surface area contributed by atoms with Crippen LogP contribution in [-0.4, -0.2) is 67.3 Å². The molecule has 14 nitrogen and oxygen atoms in total. The van der Waals surface area contributed by atoms with Crippen molar-refractivity contribution in [3.05, 3.63) is 62.7 Å². The van der Waals surface area contributed by atoms with Gasteiger partial charge in [0, 0.05) is 37.8 Å². The normalized spacial score (nSPS) is 13.2. The molecule has 2 unspecified atom stereocenters. The summed E-state index contributed by atoms with van der Waals surface area (Å²) in [6.07, 6.45) is 8.51. The first-order valence-corrected chi connectivity index (χ1v) is 21.1. The molecule has 0 spiro atoms. The molecule has 1 aliphatic heterocycles. The Bertz CT molecular complexity index is 1870. The van der Waals surface area contributed by atoms with Crippen LogP contribution in [0.1, 0.15) is 143 Å². The van der Waals surface area contributed by atoms with Gasteiger partial charge in [-0.05, 0) is 87.3 Å². The minimum atomic E-state index is -0.851. The predicted octanol–water partition coefficient (Wildman–Crippen LogP) is 8.35. The fraction of sp³-hybridized carbons (Fsp3) is 0.574. The molecular formula is C47H64O14. The van der Waals surface area contributed by atoms with Crippen molar-refractivity contribution < 1.29 is 67.0 Å². The van der Waals surface area contributed by atoms with E-state index in [0.29, 0.717) is 41.9 Å². The summed E-state index contributed by atoms with van der Waals surface area (Å²) in [6.45, 7) is 13.6. The zero-order valence-electron chi connectivity index (χ0n) is 37.3. The number of phenolic OH excluding ortho intramolecular Hbond substituents is 1. The highest BCUT2D eigenvalue weighted by Gasteiger charge is 2.32. The first-order chi connectivity index (χ1) is 28.9. The molecule has 1 N–H and O–H groups in total. The van der Waals surface area contributed by atoms with Gasteiger partial charge in [0.25, 0.3) is 0 Å². The number of unbranched alkanes of at least 4 members (excludes halogenated alkanes) is 4. The van der Waals surface area contributed by atoms with Crippen LogP contribution in [0.3, 0.4) is 0 Å². The summed E-state index contributed by atoms with van der Waals surface area (Å²) in [5.41, 5.74) is 5.29. The Balaban J connectivity index is 1.34. The topological polar surface area (TPSA) is 187 Å². The largest absolute Gasteiger partial charge is 0.507 e. The zero-order valence-corrected chi connectivity index (χ0v) is 37.3. The molecule has 0 saturated heterocycles. The van der Waals surface area contributed by atoms with E-state index in [1.807, 2.05) is 59.8 Å². The van der Waals surface area contributed by atoms with Crippen LogP contribution in [0.15, 0.2) is 23.8 Å². The molecule has 2 atom stereocenters. The summed E-state index contributed by atoms with van der Waals surface area (Å²) in [4.78, 5) is 72.6. The number of phenols is 1. The van der Waals surface area contributed by atoms with E-state index in [1.54, 1.807) is 0 Å². The quantitative estimate of drug-likeness (QED) is 0.0330. The average molecular weight is 853 g/mol. The molecule has 3 rings (SSSR count). The number of hydrogen-bond acceptors (Lipinski definition) is 14. The first-order valence-electron chi connectivity index (χ1n) is 21.1. The number of fused-ring (bicyclic) bond motifs is 1. The Morgan fingerprint density at radius 2 is 1.43 bits per heavy atom. The first kappa shape index (κ1) is 50.0. The summed E-state index contributed by atoms with van der Waals surface area (Å²) in [5, 5.41) is 10.9. The van der Waals surface area contributed by atoms with Crippen LogP contribution in [0.4, 0.5) is 0 Å². The smallest absolute Gasteiger partial charge is 0.342 e. The Kier molecular flexibility index (Phi) is 20.3. The number of ether oxygens (including phenoxy) is 7. The lowest BCUT2D eigenvalue weighted by atomic mass is 9.94. The van der Waals surface area contributed by atoms with Crippen LogP contribution in [-0.2, 0) is 67.3 Å². The van der Waals surface area contributed by atoms with Crippen molar-refractivity contribution in [1.82, 2.24) is 0 Å². The second-order valence-corrected chi connectivity index (χ2v) is 16.1. The highest BCUT2D eigenvalue weighted by atomic mass is 16.6. The number of esters is 6. The number of cyclic esters (lactones) is 1. The third-order valence-electron chi connectivity index (χ3n) is 10.6. The summed E-state index contributed by atoms with van der Waals surface area (Å²) < 4.78 is 37.3. The van der Waals surface area contributed by atoms with E-state index >= 15 is 0 Å². The Morgan fingerprint density at radius 1 is 0.820 bits per heavy atom. The molecule has 0 aromatic heterocycles. The summed E-state index contributed by atoms with van der Waals surface area (Å²) in [5.74, 6) is -1.99. The second kappa shape index (κ2) is 24.8. The maximum Gasteiger partial charge on any atom is 0.342 e. The molecular weight excluding hydrogens is 789 g/mol. The van der Waals surface area contributed by atoms with Crippen LogP contribution >= 0.6 is 0 Å². The number of carbonyl (C=O) groups is 6. The minimum Gasteiger partial charge on any atom is -0.507 e. The second-order valence-electron chi connectivity index (χ2n) is 16.1. The van der Waals surface area contributed by atoms with Crippen LogP contribution in [0.25, 0.3) is 0 Å². The molecule has 0 radical (unpaired) electrons. The molecule has 1 aliphatic rings. The van der Waals surface area contributed by atoms with Gasteiger partial charge in [-0.15, -0.1) is 0 Å². The van der Waals surface area contributed by atoms with Crippen molar-refractivity contribution in [1.29, 1.82) is 0 Å². The fourth-order valence-corrected chi connectivity index (χ4v) is 7.18. The van der Waals surface area contributed by atoms with Crippen LogP contribution in [0, 0.1) is 32.6 Å². The number of aromatic hydroxyl groups is 1. The minimum absolute atomic E-state index is 0.0768. The number of hydrogen-bond donors (Lipinski definition) is 1. The molecule has 0 bridgehead atoms. The van der Waals surface area contributed by atoms with Gasteiger partial charge in [0.15, 0.2) is 6.10 Å². The van der Waals surface area contributed by atoms with E-state index in [1.165, 1.54) is 21.0 Å². The van der Waals surface area contributed by atoms with E-state index in [0.717, 1.165) is 66.4 Å². The average Bonchev–Trinajstić information content (AvgIpc) is 3.60. The molecule has 2 aromatic rings. The van der Waals surface area contributed by atoms with E-state index in [4.69, 9.17) is 33.2 Å². The lowest BCUT2D eigenvalue weighted by molar-refractivity contribution is -0.166. The van der Waals surface area contributed by atoms with Crippen molar-refractivity contribution in [3.63, 3.8) is 0 Å². The molecule has 0 aliphatic carbocycles. The Hall–Kier alpha value is -5.40. The van der Waals surface area contributed by atoms with Crippen LogP contribution in [0.2, 0.25) is 0 Å². The van der Waals surface area contributed by atoms with Crippen molar-refractivity contribution in [2.24, 2.45) is 11.8 Å². The van der Waals surface area contributed by atoms with Gasteiger partial charge < -0.3 is 38.3 Å². The maximum atomic E-state index is 13.0. The Labute approximate surface area is 359 Å². The van der Waals surface area contributed by atoms with Gasteiger partial charge in [-0.3, -0.25) is 24.0 Å². The maximum absolute atomic E-state index is 13.0. The molecule has 2 aromatic carbocycles. The van der Waals surface area contributed by atoms with Crippen molar-refractivity contribution in [2.75, 3.05) is 20.3 Å². The Morgan fingerprint density at radius 3 is 2.03 bits per heavy atom. The fourth-order valence-electron chi connectivity index (χ4n) is 7.18. The van der Waals surface area contributed by atoms with Crippen molar-refractivity contribution in [2.45, 2.75) is 145 Å². The highest BCUT2D eigenvalue weighted by molar-refractivity contribution is 5.98. The van der Waals surface area contributed by atoms with Gasteiger partial charge in [-0.2, -0.15) is 0 Å². The van der Waals surface area contributed by atoms with Crippen LogP contribution < -0.4 is 9.47 Å². The number of aryl methyl sites for hydroxylation is 2. The molecule has 0 saturated carbocycles. The number of allylic oxidation sites excluding steroid dienone is 2. The number of carbonyl (C=O) groups excluding carboxylic acids is 6. The third-order valence-corrected chi connectivity index (χ3v) is 10.6. The zero-order chi connectivity index (χ0) is 45.2. The molecule has 1 heterocycles. The van der Waals surface area contributed by atoms with Crippen molar-refractivity contribution >= 4 is 35.8 Å². The summed E-state index contributed by atoms with van der Waals surface area (Å²) in [6, 6.07) is 3.70. The predicted molar refractivity (Wildman–Crippen MR) is 225 cm³/mol. The molecule has 61 heavy (non-hydrogen) atoms. The van der Waals surface area contributed by atoms with Gasteiger partial charge >= 0.3 is 35.8 Å². The molecule has 14 heteroatoms. The van der Waals surface area contributed by atoms with E-state index < -0.39 is 30.0 Å².